The summed E-state index contributed by atoms with van der Waals surface area (Å²) in [4.78, 5) is 16.9. The first-order valence-electron chi connectivity index (χ1n) is 8.69. The molecular weight excluding hydrogens is 358 g/mol. The van der Waals surface area contributed by atoms with Gasteiger partial charge in [-0.15, -0.1) is 0 Å². The van der Waals surface area contributed by atoms with Crippen LogP contribution in [0.5, 0.6) is 0 Å². The zero-order chi connectivity index (χ0) is 18.6. The second-order valence-electron chi connectivity index (χ2n) is 6.34. The SMILES string of the molecule is O=C(Cn1ccc2ccc(Cl)cc21)NC(c1ccccc1)c1ccncc1. The third-order valence-electron chi connectivity index (χ3n) is 4.53. The lowest BCUT2D eigenvalue weighted by molar-refractivity contribution is -0.122. The molecule has 0 aliphatic carbocycles. The van der Waals surface area contributed by atoms with Crippen LogP contribution >= 0.6 is 11.6 Å². The topological polar surface area (TPSA) is 46.9 Å². The van der Waals surface area contributed by atoms with Crippen molar-refractivity contribution in [1.29, 1.82) is 0 Å². The highest BCUT2D eigenvalue weighted by Crippen LogP contribution is 2.23. The highest BCUT2D eigenvalue weighted by molar-refractivity contribution is 6.31. The first-order chi connectivity index (χ1) is 13.2. The number of aromatic nitrogens is 2. The van der Waals surface area contributed by atoms with E-state index in [0.717, 1.165) is 22.0 Å². The minimum Gasteiger partial charge on any atom is -0.344 e. The van der Waals surface area contributed by atoms with Crippen LogP contribution in [-0.2, 0) is 11.3 Å². The molecule has 2 aromatic heterocycles. The molecule has 0 spiro atoms. The Morgan fingerprint density at radius 1 is 1.00 bits per heavy atom. The molecule has 4 aromatic rings. The van der Waals surface area contributed by atoms with E-state index in [-0.39, 0.29) is 18.5 Å². The van der Waals surface area contributed by atoms with Gasteiger partial charge in [0.05, 0.1) is 6.04 Å². The summed E-state index contributed by atoms with van der Waals surface area (Å²) in [5.74, 6) is -0.0712. The lowest BCUT2D eigenvalue weighted by atomic mass is 10.00. The fourth-order valence-electron chi connectivity index (χ4n) is 3.22. The fraction of sp³-hybridized carbons (Fsp3) is 0.0909. The molecular formula is C22H18ClN3O. The van der Waals surface area contributed by atoms with Crippen LogP contribution in [0, 0.1) is 0 Å². The second kappa shape index (κ2) is 7.64. The van der Waals surface area contributed by atoms with Gasteiger partial charge in [0.15, 0.2) is 0 Å². The average Bonchev–Trinajstić information content (AvgIpc) is 3.09. The minimum absolute atomic E-state index is 0.0712. The summed E-state index contributed by atoms with van der Waals surface area (Å²) in [5.41, 5.74) is 2.96. The smallest absolute Gasteiger partial charge is 0.240 e. The lowest BCUT2D eigenvalue weighted by Crippen LogP contribution is -2.32. The van der Waals surface area contributed by atoms with Crippen LogP contribution in [0.1, 0.15) is 17.2 Å². The monoisotopic (exact) mass is 375 g/mol. The van der Waals surface area contributed by atoms with Crippen LogP contribution in [0.15, 0.2) is 85.3 Å². The van der Waals surface area contributed by atoms with Crippen molar-refractivity contribution in [3.8, 4) is 0 Å². The number of carbonyl (C=O) groups is 1. The van der Waals surface area contributed by atoms with Crippen molar-refractivity contribution < 1.29 is 4.79 Å². The molecule has 134 valence electrons. The third-order valence-corrected chi connectivity index (χ3v) is 4.76. The molecule has 4 nitrogen and oxygen atoms in total. The minimum atomic E-state index is -0.230. The van der Waals surface area contributed by atoms with Gasteiger partial charge in [-0.1, -0.05) is 48.0 Å². The quantitative estimate of drug-likeness (QED) is 0.554. The van der Waals surface area contributed by atoms with Gasteiger partial charge in [-0.2, -0.15) is 0 Å². The molecule has 5 heteroatoms. The summed E-state index contributed by atoms with van der Waals surface area (Å²) >= 11 is 6.11. The van der Waals surface area contributed by atoms with E-state index in [1.54, 1.807) is 12.4 Å². The van der Waals surface area contributed by atoms with Crippen molar-refractivity contribution in [2.24, 2.45) is 0 Å². The first kappa shape index (κ1) is 17.3. The standard InChI is InChI=1S/C22H18ClN3O/c23-19-7-6-16-10-13-26(20(16)14-19)15-21(27)25-22(17-4-2-1-3-5-17)18-8-11-24-12-9-18/h1-14,22H,15H2,(H,25,27). The Hall–Kier alpha value is -3.11. The predicted molar refractivity (Wildman–Crippen MR) is 108 cm³/mol. The molecule has 2 heterocycles. The van der Waals surface area contributed by atoms with Crippen molar-refractivity contribution in [2.75, 3.05) is 0 Å². The number of nitrogens with zero attached hydrogens (tertiary/aromatic N) is 2. The Labute approximate surface area is 162 Å². The van der Waals surface area contributed by atoms with Crippen molar-refractivity contribution in [2.45, 2.75) is 12.6 Å². The number of benzene rings is 2. The molecule has 2 aromatic carbocycles. The second-order valence-corrected chi connectivity index (χ2v) is 6.77. The molecule has 1 atom stereocenters. The summed E-state index contributed by atoms with van der Waals surface area (Å²) in [7, 11) is 0. The summed E-state index contributed by atoms with van der Waals surface area (Å²) in [6.45, 7) is 0.220. The van der Waals surface area contributed by atoms with E-state index in [1.165, 1.54) is 0 Å². The van der Waals surface area contributed by atoms with E-state index < -0.39 is 0 Å². The number of carbonyl (C=O) groups excluding carboxylic acids is 1. The van der Waals surface area contributed by atoms with Crippen LogP contribution in [0.4, 0.5) is 0 Å². The van der Waals surface area contributed by atoms with E-state index in [4.69, 9.17) is 11.6 Å². The third kappa shape index (κ3) is 3.86. The van der Waals surface area contributed by atoms with Gasteiger partial charge in [-0.25, -0.2) is 0 Å². The molecule has 0 saturated carbocycles. The normalized spacial score (nSPS) is 12.0. The summed E-state index contributed by atoms with van der Waals surface area (Å²) in [6, 6.07) is 21.2. The van der Waals surface area contributed by atoms with Gasteiger partial charge in [-0.3, -0.25) is 9.78 Å². The predicted octanol–water partition coefficient (Wildman–Crippen LogP) is 4.60. The lowest BCUT2D eigenvalue weighted by Gasteiger charge is -2.20. The maximum atomic E-state index is 12.8. The number of pyridine rings is 1. The van der Waals surface area contributed by atoms with Gasteiger partial charge < -0.3 is 9.88 Å². The Balaban J connectivity index is 1.59. The Morgan fingerprint density at radius 2 is 1.74 bits per heavy atom. The molecule has 27 heavy (non-hydrogen) atoms. The average molecular weight is 376 g/mol. The van der Waals surface area contributed by atoms with Crippen LogP contribution in [0.3, 0.4) is 0 Å². The maximum absolute atomic E-state index is 12.8. The Bertz CT molecular complexity index is 1020. The van der Waals surface area contributed by atoms with Gasteiger partial charge in [0, 0.05) is 29.1 Å². The number of hydrogen-bond donors (Lipinski definition) is 1. The van der Waals surface area contributed by atoms with Crippen molar-refractivity contribution in [3.05, 3.63) is 101 Å². The molecule has 0 aliphatic heterocycles. The van der Waals surface area contributed by atoms with E-state index in [2.05, 4.69) is 10.3 Å². The van der Waals surface area contributed by atoms with E-state index in [0.29, 0.717) is 5.02 Å². The molecule has 0 bridgehead atoms. The van der Waals surface area contributed by atoms with Gasteiger partial charge in [0.1, 0.15) is 6.54 Å². The number of rotatable bonds is 5. The largest absolute Gasteiger partial charge is 0.344 e. The summed E-state index contributed by atoms with van der Waals surface area (Å²) in [6.07, 6.45) is 5.38. The molecule has 0 fully saturated rings. The molecule has 0 saturated heterocycles. The highest BCUT2D eigenvalue weighted by atomic mass is 35.5. The fourth-order valence-corrected chi connectivity index (χ4v) is 3.38. The van der Waals surface area contributed by atoms with E-state index in [1.807, 2.05) is 77.5 Å². The van der Waals surface area contributed by atoms with Gasteiger partial charge in [0.25, 0.3) is 0 Å². The number of fused-ring (bicyclic) bond motifs is 1. The number of hydrogen-bond acceptors (Lipinski definition) is 2. The van der Waals surface area contributed by atoms with Crippen LogP contribution in [-0.4, -0.2) is 15.5 Å². The molecule has 1 N–H and O–H groups in total. The van der Waals surface area contributed by atoms with Crippen molar-refractivity contribution >= 4 is 28.4 Å². The van der Waals surface area contributed by atoms with Gasteiger partial charge >= 0.3 is 0 Å². The zero-order valence-corrected chi connectivity index (χ0v) is 15.3. The summed E-state index contributed by atoms with van der Waals surface area (Å²) < 4.78 is 1.91. The molecule has 0 radical (unpaired) electrons. The number of amides is 1. The van der Waals surface area contributed by atoms with Gasteiger partial charge in [0.2, 0.25) is 5.91 Å². The highest BCUT2D eigenvalue weighted by Gasteiger charge is 2.17. The van der Waals surface area contributed by atoms with Crippen LogP contribution in [0.2, 0.25) is 5.02 Å². The molecule has 4 rings (SSSR count). The number of nitrogens with one attached hydrogen (secondary N) is 1. The van der Waals surface area contributed by atoms with Crippen molar-refractivity contribution in [1.82, 2.24) is 14.9 Å². The Morgan fingerprint density at radius 3 is 2.52 bits per heavy atom. The van der Waals surface area contributed by atoms with E-state index >= 15 is 0 Å². The molecule has 1 amide bonds. The van der Waals surface area contributed by atoms with E-state index in [9.17, 15) is 4.79 Å². The zero-order valence-electron chi connectivity index (χ0n) is 14.5. The Kier molecular flexibility index (Phi) is 4.90. The molecule has 1 unspecified atom stereocenters. The maximum Gasteiger partial charge on any atom is 0.240 e. The van der Waals surface area contributed by atoms with Crippen LogP contribution in [0.25, 0.3) is 10.9 Å². The first-order valence-corrected chi connectivity index (χ1v) is 9.07. The number of halogens is 1. The van der Waals surface area contributed by atoms with Gasteiger partial charge in [-0.05, 0) is 46.8 Å². The van der Waals surface area contributed by atoms with Crippen molar-refractivity contribution in [3.63, 3.8) is 0 Å². The van der Waals surface area contributed by atoms with Crippen LogP contribution < -0.4 is 5.32 Å². The molecule has 0 aliphatic rings. The summed E-state index contributed by atoms with van der Waals surface area (Å²) in [5, 5.41) is 4.86.